The van der Waals surface area contributed by atoms with E-state index in [1.54, 1.807) is 0 Å². The number of esters is 1. The van der Waals surface area contributed by atoms with E-state index in [0.717, 1.165) is 43.5 Å². The second-order valence-corrected chi connectivity index (χ2v) is 10.4. The van der Waals surface area contributed by atoms with Gasteiger partial charge in [0.2, 0.25) is 5.91 Å². The first kappa shape index (κ1) is 23.5. The van der Waals surface area contributed by atoms with Crippen molar-refractivity contribution in [2.75, 3.05) is 18.2 Å². The number of ether oxygens (including phenoxy) is 1. The number of amides is 1. The predicted octanol–water partition coefficient (Wildman–Crippen LogP) is 4.30. The Kier molecular flexibility index (Phi) is 7.49. The maximum Gasteiger partial charge on any atom is 0.341 e. The quantitative estimate of drug-likeness (QED) is 0.379. The van der Waals surface area contributed by atoms with Crippen LogP contribution >= 0.6 is 23.1 Å². The van der Waals surface area contributed by atoms with Crippen LogP contribution in [0.5, 0.6) is 0 Å². The molecule has 7 nitrogen and oxygen atoms in total. The Bertz CT molecular complexity index is 1140. The lowest BCUT2D eigenvalue weighted by atomic mass is 9.88. The Balaban J connectivity index is 1.38. The summed E-state index contributed by atoms with van der Waals surface area (Å²) in [5.41, 5.74) is 2.80. The lowest BCUT2D eigenvalue weighted by Crippen LogP contribution is -2.17. The van der Waals surface area contributed by atoms with Crippen LogP contribution in [0.2, 0.25) is 0 Å². The topological polar surface area (TPSA) is 86.1 Å². The Hall–Kier alpha value is -2.65. The van der Waals surface area contributed by atoms with E-state index in [1.807, 2.05) is 29.8 Å². The van der Waals surface area contributed by atoms with E-state index in [0.29, 0.717) is 21.6 Å². The first-order valence-electron chi connectivity index (χ1n) is 11.0. The molecule has 0 saturated heterocycles. The number of methoxy groups -OCH3 is 1. The van der Waals surface area contributed by atoms with E-state index in [9.17, 15) is 9.59 Å². The van der Waals surface area contributed by atoms with Gasteiger partial charge in [-0.2, -0.15) is 0 Å². The molecule has 0 radical (unpaired) electrons. The molecule has 9 heteroatoms. The molecule has 1 unspecified atom stereocenters. The molecule has 1 aromatic carbocycles. The number of carbonyl (C=O) groups excluding carboxylic acids is 2. The molecular formula is C24H28N4O3S2. The normalized spacial score (nSPS) is 15.2. The fraction of sp³-hybridized carbons (Fsp3) is 0.417. The van der Waals surface area contributed by atoms with Gasteiger partial charge in [0.05, 0.1) is 18.4 Å². The van der Waals surface area contributed by atoms with Gasteiger partial charge in [-0.05, 0) is 42.7 Å². The number of thiophene rings is 1. The fourth-order valence-electron chi connectivity index (χ4n) is 4.04. The summed E-state index contributed by atoms with van der Waals surface area (Å²) in [6.45, 7) is 2.21. The highest BCUT2D eigenvalue weighted by atomic mass is 32.2. The number of benzene rings is 1. The molecule has 4 rings (SSSR count). The van der Waals surface area contributed by atoms with Crippen molar-refractivity contribution in [3.05, 3.63) is 57.7 Å². The number of carbonyl (C=O) groups is 2. The zero-order chi connectivity index (χ0) is 23.4. The second-order valence-electron chi connectivity index (χ2n) is 8.33. The average Bonchev–Trinajstić information content (AvgIpc) is 3.35. The standard InChI is InChI=1S/C24H28N4O3S2/c1-15-9-11-17-18(13-15)33-22(21(17)23(30)31-3)25-20(29)14-32-24-27-26-19(28(24)2)12-10-16-7-5-4-6-8-16/h4-8,15H,9-14H2,1-3H3,(H,25,29). The van der Waals surface area contributed by atoms with Gasteiger partial charge in [0.25, 0.3) is 0 Å². The van der Waals surface area contributed by atoms with Gasteiger partial charge in [-0.1, -0.05) is 49.0 Å². The Morgan fingerprint density at radius 1 is 1.24 bits per heavy atom. The van der Waals surface area contributed by atoms with Crippen molar-refractivity contribution in [3.8, 4) is 0 Å². The minimum absolute atomic E-state index is 0.175. The van der Waals surface area contributed by atoms with E-state index in [4.69, 9.17) is 4.74 Å². The smallest absolute Gasteiger partial charge is 0.341 e. The van der Waals surface area contributed by atoms with Crippen LogP contribution in [0.3, 0.4) is 0 Å². The van der Waals surface area contributed by atoms with Gasteiger partial charge in [0.1, 0.15) is 10.8 Å². The van der Waals surface area contributed by atoms with Gasteiger partial charge in [-0.25, -0.2) is 4.79 Å². The van der Waals surface area contributed by atoms with Crippen molar-refractivity contribution in [2.45, 2.75) is 44.2 Å². The molecule has 0 aliphatic heterocycles. The van der Waals surface area contributed by atoms with Crippen LogP contribution in [0.25, 0.3) is 0 Å². The fourth-order valence-corrected chi connectivity index (χ4v) is 6.18. The van der Waals surface area contributed by atoms with Crippen molar-refractivity contribution < 1.29 is 14.3 Å². The lowest BCUT2D eigenvalue weighted by molar-refractivity contribution is -0.113. The highest BCUT2D eigenvalue weighted by Crippen LogP contribution is 2.40. The summed E-state index contributed by atoms with van der Waals surface area (Å²) in [6, 6.07) is 10.3. The third-order valence-corrected chi connectivity index (χ3v) is 8.08. The number of aromatic nitrogens is 3. The first-order valence-corrected chi connectivity index (χ1v) is 12.8. The maximum atomic E-state index is 12.7. The molecule has 33 heavy (non-hydrogen) atoms. The number of hydrogen-bond acceptors (Lipinski definition) is 7. The lowest BCUT2D eigenvalue weighted by Gasteiger charge is -2.18. The monoisotopic (exact) mass is 484 g/mol. The van der Waals surface area contributed by atoms with Crippen LogP contribution in [-0.4, -0.2) is 39.5 Å². The van der Waals surface area contributed by atoms with E-state index in [2.05, 4.69) is 34.6 Å². The number of aryl methyl sites for hydroxylation is 2. The largest absolute Gasteiger partial charge is 0.465 e. The molecule has 3 aromatic rings. The Morgan fingerprint density at radius 3 is 2.79 bits per heavy atom. The van der Waals surface area contributed by atoms with Crippen LogP contribution in [0.15, 0.2) is 35.5 Å². The number of anilines is 1. The van der Waals surface area contributed by atoms with E-state index in [-0.39, 0.29) is 17.6 Å². The van der Waals surface area contributed by atoms with Gasteiger partial charge in [0, 0.05) is 18.3 Å². The molecule has 1 N–H and O–H groups in total. The minimum Gasteiger partial charge on any atom is -0.465 e. The van der Waals surface area contributed by atoms with E-state index >= 15 is 0 Å². The highest BCUT2D eigenvalue weighted by Gasteiger charge is 2.29. The average molecular weight is 485 g/mol. The number of nitrogens with one attached hydrogen (secondary N) is 1. The number of thioether (sulfide) groups is 1. The number of rotatable bonds is 8. The van der Waals surface area contributed by atoms with Gasteiger partial charge < -0.3 is 14.6 Å². The molecule has 1 amide bonds. The molecule has 2 aromatic heterocycles. The third-order valence-electron chi connectivity index (χ3n) is 5.89. The van der Waals surface area contributed by atoms with Crippen molar-refractivity contribution in [1.82, 2.24) is 14.8 Å². The van der Waals surface area contributed by atoms with E-state index in [1.165, 1.54) is 40.6 Å². The molecule has 0 fully saturated rings. The summed E-state index contributed by atoms with van der Waals surface area (Å²) < 4.78 is 6.94. The number of hydrogen-bond donors (Lipinski definition) is 1. The van der Waals surface area contributed by atoms with Crippen LogP contribution in [-0.2, 0) is 42.3 Å². The van der Waals surface area contributed by atoms with Crippen molar-refractivity contribution in [1.29, 1.82) is 0 Å². The molecule has 1 atom stereocenters. The van der Waals surface area contributed by atoms with Crippen LogP contribution in [0.1, 0.15) is 45.5 Å². The third kappa shape index (κ3) is 5.47. The molecule has 1 aliphatic carbocycles. The molecule has 0 bridgehead atoms. The molecule has 174 valence electrons. The molecule has 0 saturated carbocycles. The van der Waals surface area contributed by atoms with E-state index < -0.39 is 0 Å². The van der Waals surface area contributed by atoms with Crippen LogP contribution in [0, 0.1) is 5.92 Å². The molecular weight excluding hydrogens is 456 g/mol. The summed E-state index contributed by atoms with van der Waals surface area (Å²) in [7, 11) is 3.30. The highest BCUT2D eigenvalue weighted by molar-refractivity contribution is 7.99. The van der Waals surface area contributed by atoms with Crippen LogP contribution in [0.4, 0.5) is 5.00 Å². The number of nitrogens with zero attached hydrogens (tertiary/aromatic N) is 3. The van der Waals surface area contributed by atoms with Gasteiger partial charge in [-0.15, -0.1) is 21.5 Å². The van der Waals surface area contributed by atoms with Crippen molar-refractivity contribution in [2.24, 2.45) is 13.0 Å². The zero-order valence-corrected chi connectivity index (χ0v) is 20.7. The Morgan fingerprint density at radius 2 is 2.03 bits per heavy atom. The first-order chi connectivity index (χ1) is 16.0. The van der Waals surface area contributed by atoms with Crippen molar-refractivity contribution in [3.63, 3.8) is 0 Å². The summed E-state index contributed by atoms with van der Waals surface area (Å²) >= 11 is 2.83. The van der Waals surface area contributed by atoms with Crippen molar-refractivity contribution >= 4 is 40.0 Å². The molecule has 1 aliphatic rings. The molecule has 2 heterocycles. The predicted molar refractivity (Wildman–Crippen MR) is 131 cm³/mol. The van der Waals surface area contributed by atoms with Gasteiger partial charge in [-0.3, -0.25) is 4.79 Å². The summed E-state index contributed by atoms with van der Waals surface area (Å²) in [5, 5.41) is 12.8. The zero-order valence-electron chi connectivity index (χ0n) is 19.1. The summed E-state index contributed by atoms with van der Waals surface area (Å²) in [4.78, 5) is 26.3. The minimum atomic E-state index is -0.388. The van der Waals surface area contributed by atoms with Crippen LogP contribution < -0.4 is 5.32 Å². The number of fused-ring (bicyclic) bond motifs is 1. The molecule has 0 spiro atoms. The Labute approximate surface area is 201 Å². The van der Waals surface area contributed by atoms with Gasteiger partial charge >= 0.3 is 5.97 Å². The summed E-state index contributed by atoms with van der Waals surface area (Å²) in [5.74, 6) is 1.08. The summed E-state index contributed by atoms with van der Waals surface area (Å²) in [6.07, 6.45) is 4.47. The second kappa shape index (κ2) is 10.5. The SMILES string of the molecule is COC(=O)c1c(NC(=O)CSc2nnc(CCc3ccccc3)n2C)sc2c1CCC(C)C2. The maximum absolute atomic E-state index is 12.7. The van der Waals surface area contributed by atoms with Gasteiger partial charge in [0.15, 0.2) is 5.16 Å².